The molecular weight excluding hydrogens is 204 g/mol. The van der Waals surface area contributed by atoms with Crippen LogP contribution >= 0.6 is 23.1 Å². The van der Waals surface area contributed by atoms with Gasteiger partial charge in [0, 0.05) is 11.3 Å². The Labute approximate surface area is 84.0 Å². The van der Waals surface area contributed by atoms with Crippen LogP contribution in [0.15, 0.2) is 23.7 Å². The third-order valence-corrected chi connectivity index (χ3v) is 3.17. The molecule has 2 heterocycles. The molecule has 0 radical (unpaired) electrons. The molecule has 0 aliphatic carbocycles. The highest BCUT2D eigenvalue weighted by molar-refractivity contribution is 7.10. The zero-order valence-electron chi connectivity index (χ0n) is 6.75. The van der Waals surface area contributed by atoms with Crippen molar-refractivity contribution in [1.82, 2.24) is 8.75 Å². The second kappa shape index (κ2) is 3.95. The molecule has 2 aromatic rings. The first-order chi connectivity index (χ1) is 6.36. The Morgan fingerprint density at radius 1 is 1.54 bits per heavy atom. The van der Waals surface area contributed by atoms with Crippen LogP contribution in [0, 0.1) is 0 Å². The standard InChI is InChI=1S/C8H8N2OS2/c11-7(8-2-1-3-12-8)4-6-5-9-13-10-6/h1-3,5,7,11H,4H2. The van der Waals surface area contributed by atoms with Gasteiger partial charge >= 0.3 is 0 Å². The molecule has 1 atom stereocenters. The molecule has 0 spiro atoms. The van der Waals surface area contributed by atoms with Gasteiger partial charge in [0.2, 0.25) is 0 Å². The summed E-state index contributed by atoms with van der Waals surface area (Å²) >= 11 is 2.73. The second-order valence-electron chi connectivity index (χ2n) is 2.63. The Kier molecular flexibility index (Phi) is 2.68. The average molecular weight is 212 g/mol. The van der Waals surface area contributed by atoms with Crippen molar-refractivity contribution < 1.29 is 5.11 Å². The lowest BCUT2D eigenvalue weighted by molar-refractivity contribution is 0.181. The van der Waals surface area contributed by atoms with Crippen molar-refractivity contribution in [3.8, 4) is 0 Å². The molecular formula is C8H8N2OS2. The van der Waals surface area contributed by atoms with Gasteiger partial charge in [0.1, 0.15) is 0 Å². The minimum Gasteiger partial charge on any atom is -0.387 e. The molecule has 0 amide bonds. The molecule has 1 unspecified atom stereocenters. The number of aliphatic hydroxyl groups excluding tert-OH is 1. The first-order valence-corrected chi connectivity index (χ1v) is 5.45. The first-order valence-electron chi connectivity index (χ1n) is 3.84. The number of aliphatic hydroxyl groups is 1. The van der Waals surface area contributed by atoms with E-state index in [0.717, 1.165) is 10.6 Å². The summed E-state index contributed by atoms with van der Waals surface area (Å²) in [5.41, 5.74) is 0.853. The molecule has 2 rings (SSSR count). The maximum atomic E-state index is 9.73. The molecule has 2 aromatic heterocycles. The zero-order chi connectivity index (χ0) is 9.10. The van der Waals surface area contributed by atoms with Crippen LogP contribution in [0.25, 0.3) is 0 Å². The van der Waals surface area contributed by atoms with Gasteiger partial charge in [0.15, 0.2) is 0 Å². The Balaban J connectivity index is 2.04. The predicted octanol–water partition coefficient (Wildman–Crippen LogP) is 1.88. The van der Waals surface area contributed by atoms with Crippen molar-refractivity contribution in [1.29, 1.82) is 0 Å². The Bertz CT molecular complexity index is 344. The molecule has 0 bridgehead atoms. The van der Waals surface area contributed by atoms with Crippen molar-refractivity contribution in [2.24, 2.45) is 0 Å². The summed E-state index contributed by atoms with van der Waals surface area (Å²) < 4.78 is 7.92. The number of aromatic nitrogens is 2. The predicted molar refractivity (Wildman–Crippen MR) is 52.9 cm³/mol. The highest BCUT2D eigenvalue weighted by Gasteiger charge is 2.10. The zero-order valence-corrected chi connectivity index (χ0v) is 8.38. The van der Waals surface area contributed by atoms with E-state index in [4.69, 9.17) is 0 Å². The average Bonchev–Trinajstić information content (AvgIpc) is 2.74. The van der Waals surface area contributed by atoms with Gasteiger partial charge in [-0.1, -0.05) is 6.07 Å². The van der Waals surface area contributed by atoms with Crippen LogP contribution in [0.1, 0.15) is 16.7 Å². The normalized spacial score (nSPS) is 13.0. The molecule has 13 heavy (non-hydrogen) atoms. The fourth-order valence-corrected chi connectivity index (χ4v) is 2.21. The van der Waals surface area contributed by atoms with Crippen LogP contribution in [-0.4, -0.2) is 13.9 Å². The minimum absolute atomic E-state index is 0.441. The number of thiophene rings is 1. The smallest absolute Gasteiger partial charge is 0.0938 e. The number of hydrogen-bond acceptors (Lipinski definition) is 5. The molecule has 0 aliphatic rings. The summed E-state index contributed by atoms with van der Waals surface area (Å²) in [7, 11) is 0. The molecule has 0 saturated carbocycles. The summed E-state index contributed by atoms with van der Waals surface area (Å²) in [6.45, 7) is 0. The molecule has 5 heteroatoms. The van der Waals surface area contributed by atoms with E-state index in [2.05, 4.69) is 8.75 Å². The summed E-state index contributed by atoms with van der Waals surface area (Å²) in [5, 5.41) is 11.7. The fourth-order valence-electron chi connectivity index (χ4n) is 1.05. The van der Waals surface area contributed by atoms with Crippen molar-refractivity contribution in [2.45, 2.75) is 12.5 Å². The number of hydrogen-bond donors (Lipinski definition) is 1. The number of rotatable bonds is 3. The topological polar surface area (TPSA) is 46.0 Å². The summed E-state index contributed by atoms with van der Waals surface area (Å²) in [6.07, 6.45) is 1.81. The van der Waals surface area contributed by atoms with Crippen LogP contribution in [0.2, 0.25) is 0 Å². The van der Waals surface area contributed by atoms with E-state index < -0.39 is 6.10 Å². The lowest BCUT2D eigenvalue weighted by Crippen LogP contribution is -1.99. The van der Waals surface area contributed by atoms with Gasteiger partial charge in [-0.3, -0.25) is 0 Å². The molecule has 0 aliphatic heterocycles. The third kappa shape index (κ3) is 2.12. The van der Waals surface area contributed by atoms with Gasteiger partial charge in [0.25, 0.3) is 0 Å². The van der Waals surface area contributed by atoms with E-state index in [1.54, 1.807) is 17.5 Å². The molecule has 0 aromatic carbocycles. The molecule has 1 N–H and O–H groups in total. The van der Waals surface area contributed by atoms with Gasteiger partial charge < -0.3 is 5.11 Å². The molecule has 68 valence electrons. The van der Waals surface area contributed by atoms with Gasteiger partial charge in [-0.15, -0.1) is 11.3 Å². The van der Waals surface area contributed by atoms with Gasteiger partial charge in [0.05, 0.1) is 29.7 Å². The third-order valence-electron chi connectivity index (χ3n) is 1.68. The van der Waals surface area contributed by atoms with Crippen LogP contribution in [0.4, 0.5) is 0 Å². The lowest BCUT2D eigenvalue weighted by atomic mass is 10.2. The number of nitrogens with zero attached hydrogens (tertiary/aromatic N) is 2. The van der Waals surface area contributed by atoms with Crippen LogP contribution in [0.3, 0.4) is 0 Å². The molecule has 0 fully saturated rings. The monoisotopic (exact) mass is 212 g/mol. The van der Waals surface area contributed by atoms with E-state index in [1.165, 1.54) is 11.7 Å². The van der Waals surface area contributed by atoms with Gasteiger partial charge in [-0.2, -0.15) is 8.75 Å². The highest BCUT2D eigenvalue weighted by atomic mass is 32.1. The van der Waals surface area contributed by atoms with Crippen LogP contribution in [-0.2, 0) is 6.42 Å². The van der Waals surface area contributed by atoms with Crippen LogP contribution < -0.4 is 0 Å². The quantitative estimate of drug-likeness (QED) is 0.845. The lowest BCUT2D eigenvalue weighted by Gasteiger charge is -2.04. The SMILES string of the molecule is OC(Cc1cnsn1)c1cccs1. The summed E-state index contributed by atoms with van der Waals surface area (Å²) in [6, 6.07) is 3.86. The first kappa shape index (κ1) is 8.80. The summed E-state index contributed by atoms with van der Waals surface area (Å²) in [5.74, 6) is 0. The van der Waals surface area contributed by atoms with Crippen molar-refractivity contribution in [2.75, 3.05) is 0 Å². The van der Waals surface area contributed by atoms with Crippen molar-refractivity contribution in [3.05, 3.63) is 34.3 Å². The Morgan fingerprint density at radius 3 is 3.08 bits per heavy atom. The molecule has 3 nitrogen and oxygen atoms in total. The van der Waals surface area contributed by atoms with Crippen LogP contribution in [0.5, 0.6) is 0 Å². The van der Waals surface area contributed by atoms with E-state index in [9.17, 15) is 5.11 Å². The van der Waals surface area contributed by atoms with E-state index in [0.29, 0.717) is 6.42 Å². The molecule has 0 saturated heterocycles. The largest absolute Gasteiger partial charge is 0.387 e. The fraction of sp³-hybridized carbons (Fsp3) is 0.250. The summed E-state index contributed by atoms with van der Waals surface area (Å²) in [4.78, 5) is 0.980. The van der Waals surface area contributed by atoms with Crippen molar-refractivity contribution in [3.63, 3.8) is 0 Å². The van der Waals surface area contributed by atoms with Gasteiger partial charge in [-0.25, -0.2) is 0 Å². The van der Waals surface area contributed by atoms with Gasteiger partial charge in [-0.05, 0) is 11.4 Å². The maximum Gasteiger partial charge on any atom is 0.0938 e. The van der Waals surface area contributed by atoms with E-state index in [1.807, 2.05) is 17.5 Å². The maximum absolute atomic E-state index is 9.73. The van der Waals surface area contributed by atoms with E-state index >= 15 is 0 Å². The van der Waals surface area contributed by atoms with E-state index in [-0.39, 0.29) is 0 Å². The van der Waals surface area contributed by atoms with Crippen molar-refractivity contribution >= 4 is 23.1 Å². The second-order valence-corrected chi connectivity index (χ2v) is 4.17. The Morgan fingerprint density at radius 2 is 2.46 bits per heavy atom. The highest BCUT2D eigenvalue weighted by Crippen LogP contribution is 2.21. The Hall–Kier alpha value is -0.780. The minimum atomic E-state index is -0.441.